The van der Waals surface area contributed by atoms with Crippen LogP contribution in [0.15, 0.2) is 70.3 Å². The predicted molar refractivity (Wildman–Crippen MR) is 94.5 cm³/mol. The third kappa shape index (κ3) is 4.27. The number of nitrogens with zero attached hydrogens (tertiary/aromatic N) is 1. The maximum absolute atomic E-state index is 9.89. The number of aliphatic imine (C=N–C) groups is 1. The highest BCUT2D eigenvalue weighted by Gasteiger charge is 2.31. The van der Waals surface area contributed by atoms with Crippen molar-refractivity contribution in [3.8, 4) is 0 Å². The Hall–Kier alpha value is -1.98. The van der Waals surface area contributed by atoms with Gasteiger partial charge in [0, 0.05) is 5.92 Å². The third-order valence-electron chi connectivity index (χ3n) is 3.60. The minimum Gasteiger partial charge on any atom is -0.489 e. The normalized spacial score (nSPS) is 28.6. The van der Waals surface area contributed by atoms with Crippen LogP contribution in [0.25, 0.3) is 0 Å². The average molecular weight is 328 g/mol. The monoisotopic (exact) mass is 328 g/mol. The Morgan fingerprint density at radius 2 is 2.22 bits per heavy atom. The van der Waals surface area contributed by atoms with Crippen molar-refractivity contribution in [2.24, 2.45) is 16.6 Å². The summed E-state index contributed by atoms with van der Waals surface area (Å²) < 4.78 is 5.80. The van der Waals surface area contributed by atoms with Crippen molar-refractivity contribution in [1.82, 2.24) is 0 Å². The zero-order chi connectivity index (χ0) is 16.3. The molecule has 1 aromatic carbocycles. The van der Waals surface area contributed by atoms with Gasteiger partial charge in [0.2, 0.25) is 5.06 Å². The van der Waals surface area contributed by atoms with Gasteiger partial charge in [0.25, 0.3) is 0 Å². The van der Waals surface area contributed by atoms with Crippen LogP contribution in [0.5, 0.6) is 0 Å². The first kappa shape index (κ1) is 15.9. The van der Waals surface area contributed by atoms with Gasteiger partial charge in [0.15, 0.2) is 0 Å². The van der Waals surface area contributed by atoms with Gasteiger partial charge in [-0.25, -0.2) is 4.99 Å². The van der Waals surface area contributed by atoms with Crippen LogP contribution >= 0.6 is 11.8 Å². The highest BCUT2D eigenvalue weighted by molar-refractivity contribution is 8.05. The van der Waals surface area contributed by atoms with E-state index in [-0.39, 0.29) is 5.92 Å². The molecule has 120 valence electrons. The number of aliphatic hydroxyl groups is 1. The van der Waals surface area contributed by atoms with E-state index in [1.54, 1.807) is 6.92 Å². The van der Waals surface area contributed by atoms with E-state index in [4.69, 9.17) is 10.5 Å². The largest absolute Gasteiger partial charge is 0.489 e. The van der Waals surface area contributed by atoms with Crippen molar-refractivity contribution in [1.29, 1.82) is 0 Å². The van der Waals surface area contributed by atoms with Crippen LogP contribution in [-0.2, 0) is 11.3 Å². The number of allylic oxidation sites excluding steroid dienone is 4. The minimum atomic E-state index is -1.14. The summed E-state index contributed by atoms with van der Waals surface area (Å²) in [7, 11) is 0. The Kier molecular flexibility index (Phi) is 4.59. The van der Waals surface area contributed by atoms with Crippen molar-refractivity contribution in [2.75, 3.05) is 0 Å². The van der Waals surface area contributed by atoms with Gasteiger partial charge in [0.05, 0.1) is 4.91 Å². The smallest absolute Gasteiger partial charge is 0.208 e. The van der Waals surface area contributed by atoms with E-state index in [0.29, 0.717) is 12.4 Å². The Labute approximate surface area is 140 Å². The van der Waals surface area contributed by atoms with Crippen LogP contribution in [0.4, 0.5) is 0 Å². The molecule has 3 N–H and O–H groups in total. The summed E-state index contributed by atoms with van der Waals surface area (Å²) in [6.07, 6.45) is 9.05. The number of hydrogen-bond acceptors (Lipinski definition) is 5. The summed E-state index contributed by atoms with van der Waals surface area (Å²) in [5.41, 5.74) is 7.00. The molecule has 23 heavy (non-hydrogen) atoms. The lowest BCUT2D eigenvalue weighted by molar-refractivity contribution is 0.171. The molecular formula is C18H20N2O2S. The molecule has 0 saturated carbocycles. The van der Waals surface area contributed by atoms with E-state index < -0.39 is 5.06 Å². The fourth-order valence-corrected chi connectivity index (χ4v) is 3.42. The molecule has 0 aromatic heterocycles. The second kappa shape index (κ2) is 6.64. The molecule has 1 aromatic rings. The second-order valence-corrected chi connectivity index (χ2v) is 7.12. The van der Waals surface area contributed by atoms with E-state index in [1.165, 1.54) is 11.8 Å². The average Bonchev–Trinajstić information content (AvgIpc) is 2.80. The molecule has 0 spiro atoms. The van der Waals surface area contributed by atoms with E-state index in [0.717, 1.165) is 22.6 Å². The highest BCUT2D eigenvalue weighted by Crippen LogP contribution is 2.38. The van der Waals surface area contributed by atoms with E-state index in [2.05, 4.69) is 17.1 Å². The standard InChI is InChI=1S/C18H20N2O2S/c1-18(21)20-17(19)16(23-18)11-13-7-9-15(10-8-13)22-12-14-5-3-2-4-6-14/h2-7,9-11,13,21H,8,12H2,1H3,(H2,19,20)/b16-11-. The maximum Gasteiger partial charge on any atom is 0.208 e. The molecule has 0 saturated heterocycles. The Morgan fingerprint density at radius 1 is 1.43 bits per heavy atom. The zero-order valence-electron chi connectivity index (χ0n) is 13.0. The molecule has 1 aliphatic carbocycles. The van der Waals surface area contributed by atoms with Gasteiger partial charge in [-0.15, -0.1) is 0 Å². The number of ether oxygens (including phenoxy) is 1. The lowest BCUT2D eigenvalue weighted by Gasteiger charge is -2.15. The third-order valence-corrected chi connectivity index (χ3v) is 4.64. The van der Waals surface area contributed by atoms with Crippen LogP contribution < -0.4 is 5.73 Å². The van der Waals surface area contributed by atoms with Crippen molar-refractivity contribution in [2.45, 2.75) is 25.0 Å². The second-order valence-electron chi connectivity index (χ2n) is 5.70. The minimum absolute atomic E-state index is 0.240. The number of hydrogen-bond donors (Lipinski definition) is 2. The van der Waals surface area contributed by atoms with Crippen LogP contribution in [0, 0.1) is 5.92 Å². The molecule has 0 bridgehead atoms. The van der Waals surface area contributed by atoms with Gasteiger partial charge in [-0.1, -0.05) is 54.2 Å². The summed E-state index contributed by atoms with van der Waals surface area (Å²) in [6.45, 7) is 2.21. The Bertz CT molecular complexity index is 690. The van der Waals surface area contributed by atoms with Crippen LogP contribution in [0.3, 0.4) is 0 Å². The number of thioether (sulfide) groups is 1. The molecule has 2 atom stereocenters. The molecule has 2 aliphatic rings. The summed E-state index contributed by atoms with van der Waals surface area (Å²) in [5, 5.41) is 8.74. The quantitative estimate of drug-likeness (QED) is 0.890. The molecular weight excluding hydrogens is 308 g/mol. The van der Waals surface area contributed by atoms with Crippen LogP contribution in [-0.4, -0.2) is 16.0 Å². The topological polar surface area (TPSA) is 67.8 Å². The first-order chi connectivity index (χ1) is 11.0. The fourth-order valence-electron chi connectivity index (χ4n) is 2.46. The fraction of sp³-hybridized carbons (Fsp3) is 0.278. The van der Waals surface area contributed by atoms with Gasteiger partial charge in [-0.2, -0.15) is 0 Å². The van der Waals surface area contributed by atoms with E-state index in [1.807, 2.05) is 42.5 Å². The van der Waals surface area contributed by atoms with Crippen molar-refractivity contribution in [3.63, 3.8) is 0 Å². The molecule has 0 radical (unpaired) electrons. The molecule has 3 rings (SSSR count). The Balaban J connectivity index is 1.55. The van der Waals surface area contributed by atoms with Crippen LogP contribution in [0.1, 0.15) is 18.9 Å². The maximum atomic E-state index is 9.89. The zero-order valence-corrected chi connectivity index (χ0v) is 13.8. The summed E-state index contributed by atoms with van der Waals surface area (Å²) in [4.78, 5) is 4.87. The van der Waals surface area contributed by atoms with Crippen molar-refractivity contribution < 1.29 is 9.84 Å². The molecule has 2 unspecified atom stereocenters. The van der Waals surface area contributed by atoms with Gasteiger partial charge in [-0.05, 0) is 31.1 Å². The van der Waals surface area contributed by atoms with Crippen molar-refractivity contribution >= 4 is 17.6 Å². The first-order valence-corrected chi connectivity index (χ1v) is 8.37. The molecule has 0 amide bonds. The lowest BCUT2D eigenvalue weighted by atomic mass is 9.99. The van der Waals surface area contributed by atoms with Gasteiger partial charge >= 0.3 is 0 Å². The molecule has 4 nitrogen and oxygen atoms in total. The SMILES string of the molecule is CC1(O)N=C(N)/C(=C/C2C=CC(OCc3ccccc3)=CC2)S1. The predicted octanol–water partition coefficient (Wildman–Crippen LogP) is 3.32. The number of amidine groups is 1. The summed E-state index contributed by atoms with van der Waals surface area (Å²) in [5.74, 6) is 1.53. The van der Waals surface area contributed by atoms with Crippen molar-refractivity contribution in [3.05, 3.63) is 70.9 Å². The highest BCUT2D eigenvalue weighted by atomic mass is 32.2. The van der Waals surface area contributed by atoms with E-state index >= 15 is 0 Å². The van der Waals surface area contributed by atoms with Gasteiger partial charge < -0.3 is 15.6 Å². The summed E-state index contributed by atoms with van der Waals surface area (Å²) >= 11 is 1.28. The molecule has 1 aliphatic heterocycles. The number of rotatable bonds is 4. The number of benzene rings is 1. The van der Waals surface area contributed by atoms with E-state index in [9.17, 15) is 5.11 Å². The van der Waals surface area contributed by atoms with Gasteiger partial charge in [0.1, 0.15) is 18.2 Å². The van der Waals surface area contributed by atoms with Gasteiger partial charge in [-0.3, -0.25) is 0 Å². The lowest BCUT2D eigenvalue weighted by Crippen LogP contribution is -2.13. The van der Waals surface area contributed by atoms with Crippen LogP contribution in [0.2, 0.25) is 0 Å². The summed E-state index contributed by atoms with van der Waals surface area (Å²) in [6, 6.07) is 10.1. The Morgan fingerprint density at radius 3 is 2.83 bits per heavy atom. The molecule has 1 heterocycles. The first-order valence-electron chi connectivity index (χ1n) is 7.56. The molecule has 5 heteroatoms. The number of nitrogens with two attached hydrogens (primary N) is 1. The molecule has 0 fully saturated rings.